The van der Waals surface area contributed by atoms with Crippen LogP contribution in [-0.4, -0.2) is 35.5 Å². The molecule has 0 aliphatic carbocycles. The van der Waals surface area contributed by atoms with Crippen molar-refractivity contribution in [2.24, 2.45) is 4.99 Å². The molecule has 6 nitrogen and oxygen atoms in total. The minimum absolute atomic E-state index is 0.153. The predicted molar refractivity (Wildman–Crippen MR) is 105 cm³/mol. The third-order valence-electron chi connectivity index (χ3n) is 4.26. The molecule has 148 valence electrons. The van der Waals surface area contributed by atoms with E-state index in [1.165, 1.54) is 6.07 Å². The highest BCUT2D eigenvalue weighted by Crippen LogP contribution is 2.19. The van der Waals surface area contributed by atoms with Gasteiger partial charge in [-0.15, -0.1) is 0 Å². The Labute approximate surface area is 162 Å². The molecule has 0 amide bonds. The van der Waals surface area contributed by atoms with Crippen LogP contribution in [0.5, 0.6) is 5.75 Å². The lowest BCUT2D eigenvalue weighted by Gasteiger charge is -2.14. The summed E-state index contributed by atoms with van der Waals surface area (Å²) >= 11 is 0. The Bertz CT molecular complexity index is 955. The van der Waals surface area contributed by atoms with Gasteiger partial charge in [-0.1, -0.05) is 24.3 Å². The van der Waals surface area contributed by atoms with E-state index in [9.17, 15) is 8.78 Å². The first-order valence-corrected chi connectivity index (χ1v) is 8.97. The fourth-order valence-corrected chi connectivity index (χ4v) is 2.89. The number of halogens is 2. The highest BCUT2D eigenvalue weighted by molar-refractivity contribution is 5.79. The number of ether oxygens (including phenoxy) is 1. The number of rotatable bonds is 7. The number of pyridine rings is 1. The molecule has 0 radical (unpaired) electrons. The number of guanidine groups is 1. The van der Waals surface area contributed by atoms with E-state index >= 15 is 0 Å². The summed E-state index contributed by atoms with van der Waals surface area (Å²) in [4.78, 5) is 8.80. The molecule has 2 heterocycles. The molecule has 3 rings (SSSR count). The van der Waals surface area contributed by atoms with Crippen molar-refractivity contribution in [2.45, 2.75) is 26.5 Å². The van der Waals surface area contributed by atoms with Gasteiger partial charge in [-0.25, -0.2) is 4.98 Å². The fourth-order valence-electron chi connectivity index (χ4n) is 2.89. The van der Waals surface area contributed by atoms with Crippen molar-refractivity contribution in [3.63, 3.8) is 0 Å². The lowest BCUT2D eigenvalue weighted by atomic mass is 10.2. The summed E-state index contributed by atoms with van der Waals surface area (Å²) in [6.45, 7) is 0.132. The van der Waals surface area contributed by atoms with E-state index in [0.717, 1.165) is 23.3 Å². The van der Waals surface area contributed by atoms with E-state index in [2.05, 4.69) is 25.3 Å². The molecule has 0 saturated carbocycles. The van der Waals surface area contributed by atoms with Gasteiger partial charge in [-0.2, -0.15) is 8.78 Å². The van der Waals surface area contributed by atoms with E-state index in [1.54, 1.807) is 25.2 Å². The summed E-state index contributed by atoms with van der Waals surface area (Å²) in [7, 11) is 1.66. The van der Waals surface area contributed by atoms with Crippen LogP contribution in [0.15, 0.2) is 53.8 Å². The zero-order chi connectivity index (χ0) is 19.9. The van der Waals surface area contributed by atoms with Crippen LogP contribution in [0.1, 0.15) is 16.8 Å². The maximum Gasteiger partial charge on any atom is 0.387 e. The van der Waals surface area contributed by atoms with Gasteiger partial charge >= 0.3 is 6.61 Å². The molecule has 0 saturated heterocycles. The molecule has 3 aromatic rings. The van der Waals surface area contributed by atoms with Gasteiger partial charge < -0.3 is 19.8 Å². The maximum absolute atomic E-state index is 12.5. The molecule has 1 aromatic carbocycles. The molecule has 0 atom stereocenters. The fraction of sp³-hybridized carbons (Fsp3) is 0.300. The number of aliphatic imine (C=N–C) groups is 1. The summed E-state index contributed by atoms with van der Waals surface area (Å²) in [5.74, 6) is 0.729. The molecule has 0 fully saturated rings. The third kappa shape index (κ3) is 4.97. The van der Waals surface area contributed by atoms with E-state index in [1.807, 2.05) is 35.9 Å². The minimum atomic E-state index is -2.85. The average molecular weight is 387 g/mol. The molecule has 0 aliphatic rings. The molecule has 28 heavy (non-hydrogen) atoms. The first-order chi connectivity index (χ1) is 13.6. The van der Waals surface area contributed by atoms with Crippen LogP contribution >= 0.6 is 0 Å². The Kier molecular flexibility index (Phi) is 6.41. The van der Waals surface area contributed by atoms with Gasteiger partial charge in [-0.3, -0.25) is 4.99 Å². The van der Waals surface area contributed by atoms with Gasteiger partial charge in [0.05, 0.1) is 5.69 Å². The first-order valence-electron chi connectivity index (χ1n) is 8.97. The average Bonchev–Trinajstić information content (AvgIpc) is 3.09. The van der Waals surface area contributed by atoms with Crippen LogP contribution in [0, 0.1) is 6.92 Å². The van der Waals surface area contributed by atoms with Crippen LogP contribution in [-0.2, 0) is 13.0 Å². The summed E-state index contributed by atoms with van der Waals surface area (Å²) in [6.07, 6.45) is 4.72. The highest BCUT2D eigenvalue weighted by Gasteiger charge is 2.10. The number of hydrogen-bond acceptors (Lipinski definition) is 3. The standard InChI is InChI=1S/C20H23F2N5O/c1-14-6-5-11-27-13-16(26-18(14)27)9-10-24-20(23-2)25-12-15-7-3-4-8-17(15)28-19(21)22/h3-8,11,13,19H,9-10,12H2,1-2H3,(H2,23,24,25). The monoisotopic (exact) mass is 387 g/mol. The van der Waals surface area contributed by atoms with Gasteiger partial charge in [0.15, 0.2) is 5.96 Å². The second kappa shape index (κ2) is 9.16. The Morgan fingerprint density at radius 2 is 2.04 bits per heavy atom. The van der Waals surface area contributed by atoms with Gasteiger partial charge in [0.2, 0.25) is 0 Å². The number of aromatic nitrogens is 2. The molecule has 0 unspecified atom stereocenters. The summed E-state index contributed by atoms with van der Waals surface area (Å²) in [5, 5.41) is 6.32. The van der Waals surface area contributed by atoms with Crippen LogP contribution in [0.3, 0.4) is 0 Å². The lowest BCUT2D eigenvalue weighted by Crippen LogP contribution is -2.38. The van der Waals surface area contributed by atoms with Gasteiger partial charge in [-0.05, 0) is 24.6 Å². The molecule has 0 aliphatic heterocycles. The summed E-state index contributed by atoms with van der Waals surface area (Å²) in [6, 6.07) is 10.7. The third-order valence-corrected chi connectivity index (χ3v) is 4.26. The smallest absolute Gasteiger partial charge is 0.387 e. The van der Waals surface area contributed by atoms with Gasteiger partial charge in [0.25, 0.3) is 0 Å². The zero-order valence-corrected chi connectivity index (χ0v) is 15.8. The number of imidazole rings is 1. The van der Waals surface area contributed by atoms with Crippen molar-refractivity contribution in [3.05, 3.63) is 65.6 Å². The van der Waals surface area contributed by atoms with E-state index in [4.69, 9.17) is 0 Å². The normalized spacial score (nSPS) is 11.8. The molecule has 2 N–H and O–H groups in total. The molecular formula is C20H23F2N5O. The van der Waals surface area contributed by atoms with Crippen molar-refractivity contribution in [3.8, 4) is 5.75 Å². The number of para-hydroxylation sites is 1. The lowest BCUT2D eigenvalue weighted by molar-refractivity contribution is -0.0504. The molecule has 8 heteroatoms. The van der Waals surface area contributed by atoms with E-state index in [0.29, 0.717) is 24.6 Å². The quantitative estimate of drug-likeness (QED) is 0.483. The topological polar surface area (TPSA) is 63.0 Å². The van der Waals surface area contributed by atoms with Crippen molar-refractivity contribution >= 4 is 11.6 Å². The number of nitrogens with one attached hydrogen (secondary N) is 2. The Morgan fingerprint density at radius 1 is 1.21 bits per heavy atom. The molecule has 2 aromatic heterocycles. The van der Waals surface area contributed by atoms with E-state index < -0.39 is 6.61 Å². The van der Waals surface area contributed by atoms with Crippen molar-refractivity contribution in [1.29, 1.82) is 0 Å². The number of benzene rings is 1. The Morgan fingerprint density at radius 3 is 2.79 bits per heavy atom. The van der Waals surface area contributed by atoms with Gasteiger partial charge in [0.1, 0.15) is 11.4 Å². The highest BCUT2D eigenvalue weighted by atomic mass is 19.3. The SMILES string of the molecule is CN=C(NCCc1cn2cccc(C)c2n1)NCc1ccccc1OC(F)F. The summed E-state index contributed by atoms with van der Waals surface area (Å²) in [5.41, 5.74) is 3.69. The number of hydrogen-bond donors (Lipinski definition) is 2. The van der Waals surface area contributed by atoms with Crippen molar-refractivity contribution in [2.75, 3.05) is 13.6 Å². The Hall–Kier alpha value is -3.16. The van der Waals surface area contributed by atoms with Crippen molar-refractivity contribution < 1.29 is 13.5 Å². The van der Waals surface area contributed by atoms with Crippen molar-refractivity contribution in [1.82, 2.24) is 20.0 Å². The number of alkyl halides is 2. The predicted octanol–water partition coefficient (Wildman–Crippen LogP) is 3.15. The first kappa shape index (κ1) is 19.6. The van der Waals surface area contributed by atoms with Crippen LogP contribution < -0.4 is 15.4 Å². The number of fused-ring (bicyclic) bond motifs is 1. The van der Waals surface area contributed by atoms with Crippen LogP contribution in [0.2, 0.25) is 0 Å². The Balaban J connectivity index is 1.53. The minimum Gasteiger partial charge on any atom is -0.434 e. The molecule has 0 bridgehead atoms. The van der Waals surface area contributed by atoms with Crippen LogP contribution in [0.25, 0.3) is 5.65 Å². The second-order valence-corrected chi connectivity index (χ2v) is 6.24. The molecule has 0 spiro atoms. The zero-order valence-electron chi connectivity index (χ0n) is 15.8. The van der Waals surface area contributed by atoms with Gasteiger partial charge in [0, 0.05) is 44.5 Å². The van der Waals surface area contributed by atoms with E-state index in [-0.39, 0.29) is 5.75 Å². The maximum atomic E-state index is 12.5. The number of aryl methyl sites for hydroxylation is 1. The number of nitrogens with zero attached hydrogens (tertiary/aromatic N) is 3. The summed E-state index contributed by atoms with van der Waals surface area (Å²) < 4.78 is 31.6. The second-order valence-electron chi connectivity index (χ2n) is 6.24. The van der Waals surface area contributed by atoms with Crippen LogP contribution in [0.4, 0.5) is 8.78 Å². The molecular weight excluding hydrogens is 364 g/mol. The largest absolute Gasteiger partial charge is 0.434 e.